The quantitative estimate of drug-likeness (QED) is 0.535. The summed E-state index contributed by atoms with van der Waals surface area (Å²) in [6.07, 6.45) is 3.63. The highest BCUT2D eigenvalue weighted by Gasteiger charge is 2.23. The highest BCUT2D eigenvalue weighted by molar-refractivity contribution is 7.98. The molecule has 0 spiro atoms. The minimum atomic E-state index is -0.405. The van der Waals surface area contributed by atoms with Crippen LogP contribution in [0.1, 0.15) is 5.56 Å². The van der Waals surface area contributed by atoms with E-state index in [1.165, 1.54) is 12.1 Å². The number of thioether (sulfide) groups is 1. The van der Waals surface area contributed by atoms with Crippen molar-refractivity contribution in [2.75, 3.05) is 0 Å². The number of hydrogen-bond acceptors (Lipinski definition) is 5. The number of pyridine rings is 1. The number of benzene rings is 1. The molecule has 0 saturated carbocycles. The zero-order chi connectivity index (χ0) is 15.1. The van der Waals surface area contributed by atoms with Gasteiger partial charge in [-0.1, -0.05) is 0 Å². The maximum atomic E-state index is 10.8. The summed E-state index contributed by atoms with van der Waals surface area (Å²) in [5.41, 5.74) is 4.07. The van der Waals surface area contributed by atoms with Crippen LogP contribution in [0.3, 0.4) is 0 Å². The predicted molar refractivity (Wildman–Crippen MR) is 83.0 cm³/mol. The van der Waals surface area contributed by atoms with Gasteiger partial charge in [0.05, 0.1) is 22.5 Å². The summed E-state index contributed by atoms with van der Waals surface area (Å²) in [6, 6.07) is 10.3. The summed E-state index contributed by atoms with van der Waals surface area (Å²) in [5, 5.41) is 16.2. The first-order valence-corrected chi connectivity index (χ1v) is 7.62. The van der Waals surface area contributed by atoms with E-state index in [1.54, 1.807) is 30.1 Å². The summed E-state index contributed by atoms with van der Waals surface area (Å²) in [5.74, 6) is 0.826. The second-order valence-corrected chi connectivity index (χ2v) is 5.81. The molecule has 0 aliphatic carbocycles. The molecule has 4 rings (SSSR count). The Morgan fingerprint density at radius 3 is 2.82 bits per heavy atom. The lowest BCUT2D eigenvalue weighted by molar-refractivity contribution is -0.384. The lowest BCUT2D eigenvalue weighted by Gasteiger charge is -2.16. The SMILES string of the molecule is O=[N+]([O-])c1ccc(-n2ncc3c2-c2cccnc2SC3)cc1. The second-order valence-electron chi connectivity index (χ2n) is 4.85. The third-order valence-electron chi connectivity index (χ3n) is 3.54. The van der Waals surface area contributed by atoms with E-state index < -0.39 is 4.92 Å². The Morgan fingerprint density at radius 2 is 2.05 bits per heavy atom. The molecule has 22 heavy (non-hydrogen) atoms. The van der Waals surface area contributed by atoms with Crippen LogP contribution in [0.4, 0.5) is 5.69 Å². The van der Waals surface area contributed by atoms with E-state index in [0.29, 0.717) is 0 Å². The molecule has 0 amide bonds. The van der Waals surface area contributed by atoms with Gasteiger partial charge in [0, 0.05) is 35.2 Å². The fourth-order valence-corrected chi connectivity index (χ4v) is 3.48. The van der Waals surface area contributed by atoms with Crippen LogP contribution in [-0.4, -0.2) is 19.7 Å². The van der Waals surface area contributed by atoms with Crippen molar-refractivity contribution in [1.82, 2.24) is 14.8 Å². The first kappa shape index (κ1) is 13.0. The normalized spacial score (nSPS) is 12.5. The number of rotatable bonds is 2. The highest BCUT2D eigenvalue weighted by Crippen LogP contribution is 2.40. The van der Waals surface area contributed by atoms with Crippen LogP contribution < -0.4 is 0 Å². The fraction of sp³-hybridized carbons (Fsp3) is 0.0667. The van der Waals surface area contributed by atoms with Gasteiger partial charge in [-0.25, -0.2) is 9.67 Å². The number of nitro groups is 1. The van der Waals surface area contributed by atoms with Crippen molar-refractivity contribution in [3.8, 4) is 16.9 Å². The zero-order valence-electron chi connectivity index (χ0n) is 11.3. The molecule has 3 heterocycles. The molecule has 0 radical (unpaired) electrons. The van der Waals surface area contributed by atoms with Crippen molar-refractivity contribution in [2.24, 2.45) is 0 Å². The van der Waals surface area contributed by atoms with Gasteiger partial charge in [0.25, 0.3) is 5.69 Å². The zero-order valence-corrected chi connectivity index (χ0v) is 12.2. The molecular weight excluding hydrogens is 300 g/mol. The topological polar surface area (TPSA) is 73.8 Å². The summed E-state index contributed by atoms with van der Waals surface area (Å²) < 4.78 is 1.82. The molecule has 1 aliphatic rings. The third-order valence-corrected chi connectivity index (χ3v) is 4.59. The van der Waals surface area contributed by atoms with Gasteiger partial charge in [-0.15, -0.1) is 11.8 Å². The summed E-state index contributed by atoms with van der Waals surface area (Å²) in [4.78, 5) is 14.8. The minimum Gasteiger partial charge on any atom is -0.258 e. The van der Waals surface area contributed by atoms with Crippen molar-refractivity contribution in [1.29, 1.82) is 0 Å². The van der Waals surface area contributed by atoms with E-state index in [1.807, 2.05) is 23.0 Å². The maximum absolute atomic E-state index is 10.8. The Balaban J connectivity index is 1.86. The molecule has 3 aromatic rings. The van der Waals surface area contributed by atoms with Crippen LogP contribution in [0.5, 0.6) is 0 Å². The highest BCUT2D eigenvalue weighted by atomic mass is 32.2. The van der Waals surface area contributed by atoms with Gasteiger partial charge in [-0.05, 0) is 24.3 Å². The van der Waals surface area contributed by atoms with Crippen LogP contribution >= 0.6 is 11.8 Å². The van der Waals surface area contributed by atoms with Gasteiger partial charge < -0.3 is 0 Å². The molecule has 0 bridgehead atoms. The van der Waals surface area contributed by atoms with E-state index in [0.717, 1.165) is 33.3 Å². The number of nitrogens with zero attached hydrogens (tertiary/aromatic N) is 4. The van der Waals surface area contributed by atoms with Gasteiger partial charge in [-0.3, -0.25) is 10.1 Å². The third kappa shape index (κ3) is 1.98. The fourth-order valence-electron chi connectivity index (χ4n) is 2.52. The van der Waals surface area contributed by atoms with Crippen molar-refractivity contribution in [3.05, 3.63) is 64.5 Å². The van der Waals surface area contributed by atoms with E-state index in [4.69, 9.17) is 0 Å². The molecule has 7 heteroatoms. The Hall–Kier alpha value is -2.67. The first-order valence-electron chi connectivity index (χ1n) is 6.64. The molecular formula is C15H10N4O2S. The summed E-state index contributed by atoms with van der Waals surface area (Å²) in [6.45, 7) is 0. The van der Waals surface area contributed by atoms with Crippen molar-refractivity contribution >= 4 is 17.4 Å². The summed E-state index contributed by atoms with van der Waals surface area (Å²) >= 11 is 1.69. The Morgan fingerprint density at radius 1 is 1.23 bits per heavy atom. The van der Waals surface area contributed by atoms with Crippen LogP contribution in [0, 0.1) is 10.1 Å². The first-order chi connectivity index (χ1) is 10.7. The van der Waals surface area contributed by atoms with Gasteiger partial charge in [0.1, 0.15) is 5.03 Å². The molecule has 0 N–H and O–H groups in total. The Kier molecular flexibility index (Phi) is 2.93. The van der Waals surface area contributed by atoms with Gasteiger partial charge >= 0.3 is 0 Å². The number of aromatic nitrogens is 3. The number of nitro benzene ring substituents is 1. The van der Waals surface area contributed by atoms with Gasteiger partial charge in [-0.2, -0.15) is 5.10 Å². The van der Waals surface area contributed by atoms with Crippen LogP contribution in [0.15, 0.2) is 53.8 Å². The Bertz CT molecular complexity index is 874. The number of fused-ring (bicyclic) bond motifs is 3. The number of non-ortho nitro benzene ring substituents is 1. The van der Waals surface area contributed by atoms with Gasteiger partial charge in [0.15, 0.2) is 0 Å². The monoisotopic (exact) mass is 310 g/mol. The average Bonchev–Trinajstić information content (AvgIpc) is 2.99. The molecule has 2 aromatic heterocycles. The van der Waals surface area contributed by atoms with E-state index in [9.17, 15) is 10.1 Å². The van der Waals surface area contributed by atoms with Crippen LogP contribution in [-0.2, 0) is 5.75 Å². The Labute approximate surface area is 130 Å². The van der Waals surface area contributed by atoms with Crippen molar-refractivity contribution in [2.45, 2.75) is 10.8 Å². The molecule has 6 nitrogen and oxygen atoms in total. The molecule has 0 atom stereocenters. The molecule has 1 aliphatic heterocycles. The molecule has 1 aromatic carbocycles. The maximum Gasteiger partial charge on any atom is 0.269 e. The van der Waals surface area contributed by atoms with Crippen molar-refractivity contribution < 1.29 is 4.92 Å². The number of hydrogen-bond donors (Lipinski definition) is 0. The van der Waals surface area contributed by atoms with Gasteiger partial charge in [0.2, 0.25) is 0 Å². The van der Waals surface area contributed by atoms with E-state index >= 15 is 0 Å². The molecule has 0 fully saturated rings. The van der Waals surface area contributed by atoms with Crippen LogP contribution in [0.25, 0.3) is 16.9 Å². The second kappa shape index (κ2) is 4.96. The smallest absolute Gasteiger partial charge is 0.258 e. The average molecular weight is 310 g/mol. The lowest BCUT2D eigenvalue weighted by atomic mass is 10.1. The predicted octanol–water partition coefficient (Wildman–Crippen LogP) is 3.45. The standard InChI is InChI=1S/C15H10N4O2S/c20-19(21)12-5-3-11(4-6-12)18-14-10(8-17-18)9-22-15-13(14)2-1-7-16-15/h1-8H,9H2. The van der Waals surface area contributed by atoms with Crippen LogP contribution in [0.2, 0.25) is 0 Å². The minimum absolute atomic E-state index is 0.0717. The lowest BCUT2D eigenvalue weighted by Crippen LogP contribution is -2.04. The summed E-state index contributed by atoms with van der Waals surface area (Å²) in [7, 11) is 0. The molecule has 108 valence electrons. The largest absolute Gasteiger partial charge is 0.269 e. The van der Waals surface area contributed by atoms with E-state index in [2.05, 4.69) is 10.1 Å². The molecule has 0 saturated heterocycles. The molecule has 0 unspecified atom stereocenters. The van der Waals surface area contributed by atoms with Crippen molar-refractivity contribution in [3.63, 3.8) is 0 Å². The van der Waals surface area contributed by atoms with E-state index in [-0.39, 0.29) is 5.69 Å².